The average Bonchev–Trinajstić information content (AvgIpc) is 2.48. The van der Waals surface area contributed by atoms with E-state index in [0.29, 0.717) is 30.9 Å². The number of unbranched alkanes of at least 4 members (excludes halogenated alkanes) is 1. The molecule has 0 saturated carbocycles. The van der Waals surface area contributed by atoms with Crippen LogP contribution in [0.5, 0.6) is 0 Å². The number of nitrogens with one attached hydrogen (secondary N) is 3. The average molecular weight is 343 g/mol. The summed E-state index contributed by atoms with van der Waals surface area (Å²) in [5.41, 5.74) is 1.07. The van der Waals surface area contributed by atoms with Gasteiger partial charge >= 0.3 is 6.03 Å². The van der Waals surface area contributed by atoms with Crippen LogP contribution in [0.15, 0.2) is 24.3 Å². The summed E-state index contributed by atoms with van der Waals surface area (Å²) in [5, 5.41) is 5.43. The van der Waals surface area contributed by atoms with Crippen LogP contribution in [0.25, 0.3) is 0 Å². The second-order valence-corrected chi connectivity index (χ2v) is 6.92. The molecule has 130 valence electrons. The topological polar surface area (TPSA) is 96.5 Å². The zero-order valence-corrected chi connectivity index (χ0v) is 14.4. The van der Waals surface area contributed by atoms with E-state index in [4.69, 9.17) is 4.74 Å². The van der Waals surface area contributed by atoms with Crippen molar-refractivity contribution in [1.82, 2.24) is 5.32 Å². The van der Waals surface area contributed by atoms with Gasteiger partial charge in [0.25, 0.3) is 0 Å². The second kappa shape index (κ2) is 10.1. The summed E-state index contributed by atoms with van der Waals surface area (Å²) in [6.07, 6.45) is 2.29. The smallest absolute Gasteiger partial charge is 0.319 e. The lowest BCUT2D eigenvalue weighted by Crippen LogP contribution is -2.29. The number of methoxy groups -OCH3 is 1. The maximum absolute atomic E-state index is 11.7. The molecule has 2 amide bonds. The van der Waals surface area contributed by atoms with E-state index in [-0.39, 0.29) is 11.8 Å². The predicted molar refractivity (Wildman–Crippen MR) is 92.3 cm³/mol. The van der Waals surface area contributed by atoms with Gasteiger partial charge in [0.2, 0.25) is 10.0 Å². The highest BCUT2D eigenvalue weighted by Gasteiger charge is 2.08. The minimum atomic E-state index is -3.30. The largest absolute Gasteiger partial charge is 0.385 e. The van der Waals surface area contributed by atoms with E-state index in [9.17, 15) is 13.2 Å². The lowest BCUT2D eigenvalue weighted by atomic mass is 10.3. The first kappa shape index (κ1) is 19.2. The van der Waals surface area contributed by atoms with Crippen LogP contribution in [0.3, 0.4) is 0 Å². The molecule has 0 unspecified atom stereocenters. The van der Waals surface area contributed by atoms with E-state index in [1.807, 2.05) is 0 Å². The molecule has 0 fully saturated rings. The lowest BCUT2D eigenvalue weighted by molar-refractivity contribution is 0.192. The third-order valence-electron chi connectivity index (χ3n) is 2.95. The number of benzene rings is 1. The quantitative estimate of drug-likeness (QED) is 0.568. The van der Waals surface area contributed by atoms with Gasteiger partial charge in [0.15, 0.2) is 0 Å². The summed E-state index contributed by atoms with van der Waals surface area (Å²) >= 11 is 0. The molecule has 0 heterocycles. The Morgan fingerprint density at radius 1 is 1.13 bits per heavy atom. The standard InChI is InChI=1S/C15H25N3O4S/c1-3-12-23(20,21)18-14-8-6-13(7-9-14)17-15(19)16-10-4-5-11-22-2/h6-9,18H,3-5,10-12H2,1-2H3,(H2,16,17,19). The highest BCUT2D eigenvalue weighted by molar-refractivity contribution is 7.92. The van der Waals surface area contributed by atoms with Crippen LogP contribution in [-0.4, -0.2) is 40.5 Å². The third kappa shape index (κ3) is 8.41. The second-order valence-electron chi connectivity index (χ2n) is 5.08. The molecule has 0 bridgehead atoms. The molecule has 23 heavy (non-hydrogen) atoms. The van der Waals surface area contributed by atoms with Crippen LogP contribution in [0.2, 0.25) is 0 Å². The number of hydrogen-bond acceptors (Lipinski definition) is 4. The molecular formula is C15H25N3O4S. The summed E-state index contributed by atoms with van der Waals surface area (Å²) < 4.78 is 30.7. The molecule has 0 atom stereocenters. The number of rotatable bonds is 10. The Morgan fingerprint density at radius 3 is 2.39 bits per heavy atom. The van der Waals surface area contributed by atoms with E-state index in [1.165, 1.54) is 0 Å². The molecule has 0 spiro atoms. The summed E-state index contributed by atoms with van der Waals surface area (Å²) in [5.74, 6) is 0.0818. The SMILES string of the molecule is CCCS(=O)(=O)Nc1ccc(NC(=O)NCCCCOC)cc1. The van der Waals surface area contributed by atoms with E-state index in [2.05, 4.69) is 15.4 Å². The molecule has 0 aliphatic heterocycles. The monoisotopic (exact) mass is 343 g/mol. The third-order valence-corrected chi connectivity index (χ3v) is 4.44. The Morgan fingerprint density at radius 2 is 1.78 bits per heavy atom. The zero-order chi connectivity index (χ0) is 17.1. The maximum Gasteiger partial charge on any atom is 0.319 e. The minimum Gasteiger partial charge on any atom is -0.385 e. The lowest BCUT2D eigenvalue weighted by Gasteiger charge is -2.10. The van der Waals surface area contributed by atoms with Crippen molar-refractivity contribution < 1.29 is 17.9 Å². The first-order valence-electron chi connectivity index (χ1n) is 7.61. The van der Waals surface area contributed by atoms with Crippen LogP contribution in [0, 0.1) is 0 Å². The maximum atomic E-state index is 11.7. The number of amides is 2. The molecule has 8 heteroatoms. The van der Waals surface area contributed by atoms with Gasteiger partial charge in [-0.2, -0.15) is 0 Å². The van der Waals surface area contributed by atoms with E-state index < -0.39 is 10.0 Å². The zero-order valence-electron chi connectivity index (χ0n) is 13.6. The van der Waals surface area contributed by atoms with Gasteiger partial charge in [-0.25, -0.2) is 13.2 Å². The number of hydrogen-bond donors (Lipinski definition) is 3. The van der Waals surface area contributed by atoms with Crippen molar-refractivity contribution >= 4 is 27.4 Å². The van der Waals surface area contributed by atoms with Crippen LogP contribution in [-0.2, 0) is 14.8 Å². The van der Waals surface area contributed by atoms with Crippen molar-refractivity contribution in [3.63, 3.8) is 0 Å². The fraction of sp³-hybridized carbons (Fsp3) is 0.533. The molecular weight excluding hydrogens is 318 g/mol. The Kier molecular flexibility index (Phi) is 8.42. The summed E-state index contributed by atoms with van der Waals surface area (Å²) in [6, 6.07) is 6.23. The fourth-order valence-corrected chi connectivity index (χ4v) is 3.00. The molecule has 3 N–H and O–H groups in total. The van der Waals surface area contributed by atoms with Crippen molar-refractivity contribution in [3.05, 3.63) is 24.3 Å². The van der Waals surface area contributed by atoms with Crippen LogP contribution < -0.4 is 15.4 Å². The molecule has 0 saturated heterocycles. The number of carbonyl (C=O) groups excluding carboxylic acids is 1. The van der Waals surface area contributed by atoms with Crippen molar-refractivity contribution in [3.8, 4) is 0 Å². The predicted octanol–water partition coefficient (Wildman–Crippen LogP) is 2.39. The molecule has 1 rings (SSSR count). The van der Waals surface area contributed by atoms with Gasteiger partial charge in [-0.1, -0.05) is 6.92 Å². The van der Waals surface area contributed by atoms with Crippen molar-refractivity contribution in [1.29, 1.82) is 0 Å². The summed E-state index contributed by atoms with van der Waals surface area (Å²) in [4.78, 5) is 11.7. The number of sulfonamides is 1. The van der Waals surface area contributed by atoms with Crippen molar-refractivity contribution in [2.75, 3.05) is 36.1 Å². The number of anilines is 2. The van der Waals surface area contributed by atoms with Crippen LogP contribution >= 0.6 is 0 Å². The van der Waals surface area contributed by atoms with Gasteiger partial charge in [-0.15, -0.1) is 0 Å². The van der Waals surface area contributed by atoms with Crippen LogP contribution in [0.4, 0.5) is 16.2 Å². The fourth-order valence-electron chi connectivity index (χ4n) is 1.87. The molecule has 0 aromatic heterocycles. The highest BCUT2D eigenvalue weighted by Crippen LogP contribution is 2.15. The number of ether oxygens (including phenoxy) is 1. The molecule has 0 aliphatic carbocycles. The van der Waals surface area contributed by atoms with Crippen molar-refractivity contribution in [2.45, 2.75) is 26.2 Å². The van der Waals surface area contributed by atoms with Gasteiger partial charge in [0, 0.05) is 31.6 Å². The minimum absolute atomic E-state index is 0.0818. The first-order valence-corrected chi connectivity index (χ1v) is 9.26. The molecule has 1 aromatic rings. The summed E-state index contributed by atoms with van der Waals surface area (Å²) in [6.45, 7) is 3.06. The molecule has 1 aromatic carbocycles. The Balaban J connectivity index is 2.40. The van der Waals surface area contributed by atoms with Gasteiger partial charge in [-0.05, 0) is 43.5 Å². The summed E-state index contributed by atoms with van der Waals surface area (Å²) in [7, 11) is -1.66. The first-order chi connectivity index (χ1) is 11.0. The van der Waals surface area contributed by atoms with E-state index >= 15 is 0 Å². The Bertz CT molecular complexity index is 573. The molecule has 0 aliphatic rings. The van der Waals surface area contributed by atoms with Gasteiger partial charge < -0.3 is 15.4 Å². The van der Waals surface area contributed by atoms with Crippen LogP contribution in [0.1, 0.15) is 26.2 Å². The normalized spacial score (nSPS) is 11.0. The van der Waals surface area contributed by atoms with Gasteiger partial charge in [0.1, 0.15) is 0 Å². The molecule has 0 radical (unpaired) electrons. The Labute approximate surface area is 137 Å². The van der Waals surface area contributed by atoms with E-state index in [1.54, 1.807) is 38.3 Å². The number of carbonyl (C=O) groups is 1. The number of urea groups is 1. The van der Waals surface area contributed by atoms with Gasteiger partial charge in [0.05, 0.1) is 5.75 Å². The highest BCUT2D eigenvalue weighted by atomic mass is 32.2. The van der Waals surface area contributed by atoms with E-state index in [0.717, 1.165) is 12.8 Å². The molecule has 7 nitrogen and oxygen atoms in total. The Hall–Kier alpha value is -1.80. The van der Waals surface area contributed by atoms with Gasteiger partial charge in [-0.3, -0.25) is 4.72 Å². The van der Waals surface area contributed by atoms with Crippen molar-refractivity contribution in [2.24, 2.45) is 0 Å².